The van der Waals surface area contributed by atoms with Gasteiger partial charge in [-0.1, -0.05) is 0 Å². The van der Waals surface area contributed by atoms with Crippen LogP contribution < -0.4 is 5.73 Å². The first-order valence-corrected chi connectivity index (χ1v) is 12.7. The lowest BCUT2D eigenvalue weighted by atomic mass is 9.78. The molecule has 1 aliphatic carbocycles. The van der Waals surface area contributed by atoms with Gasteiger partial charge in [0.15, 0.2) is 0 Å². The number of nitrogen functional groups attached to an aromatic ring is 1. The van der Waals surface area contributed by atoms with Crippen LogP contribution in [0.3, 0.4) is 0 Å². The fourth-order valence-corrected chi connectivity index (χ4v) is 8.12. The Kier molecular flexibility index (Phi) is 4.50. The maximum absolute atomic E-state index is 13.4. The number of nitrogens with zero attached hydrogens (tertiary/aromatic N) is 4. The molecule has 1 atom stereocenters. The zero-order chi connectivity index (χ0) is 20.2. The molecule has 0 amide bonds. The molecule has 0 radical (unpaired) electrons. The number of sulfonamides is 1. The number of piperidine rings is 1. The van der Waals surface area contributed by atoms with Gasteiger partial charge in [0.25, 0.3) is 10.0 Å². The van der Waals surface area contributed by atoms with Crippen molar-refractivity contribution in [3.63, 3.8) is 0 Å². The van der Waals surface area contributed by atoms with Crippen LogP contribution in [0, 0.1) is 6.92 Å². The molecule has 1 spiro atoms. The highest BCUT2D eigenvalue weighted by Crippen LogP contribution is 2.45. The van der Waals surface area contributed by atoms with E-state index in [1.807, 2.05) is 18.4 Å². The summed E-state index contributed by atoms with van der Waals surface area (Å²) in [7, 11) is -3.57. The summed E-state index contributed by atoms with van der Waals surface area (Å²) in [5.74, 6) is 0.256. The minimum absolute atomic E-state index is 0.256. The Morgan fingerprint density at radius 2 is 2.10 bits per heavy atom. The molecule has 0 bridgehead atoms. The number of nitrogens with two attached hydrogens (primary N) is 1. The van der Waals surface area contributed by atoms with Crippen molar-refractivity contribution in [3.05, 3.63) is 40.0 Å². The molecule has 29 heavy (non-hydrogen) atoms. The highest BCUT2D eigenvalue weighted by Gasteiger charge is 2.46. The molecule has 1 saturated heterocycles. The number of rotatable bonds is 3. The van der Waals surface area contributed by atoms with Crippen molar-refractivity contribution in [1.29, 1.82) is 0 Å². The topological polar surface area (TPSA) is 102 Å². The predicted molar refractivity (Wildman–Crippen MR) is 115 cm³/mol. The maximum atomic E-state index is 13.4. The predicted octanol–water partition coefficient (Wildman–Crippen LogP) is 3.22. The van der Waals surface area contributed by atoms with Gasteiger partial charge in [0.1, 0.15) is 4.21 Å². The van der Waals surface area contributed by atoms with Crippen molar-refractivity contribution < 1.29 is 8.42 Å². The molecule has 0 aromatic carbocycles. The third-order valence-corrected chi connectivity index (χ3v) is 10.0. The van der Waals surface area contributed by atoms with E-state index in [1.54, 1.807) is 27.9 Å². The summed E-state index contributed by atoms with van der Waals surface area (Å²) in [5, 5.41) is 2.93. The molecule has 7 nitrogen and oxygen atoms in total. The van der Waals surface area contributed by atoms with Crippen LogP contribution >= 0.6 is 22.7 Å². The van der Waals surface area contributed by atoms with Crippen LogP contribution in [0.4, 0.5) is 5.95 Å². The summed E-state index contributed by atoms with van der Waals surface area (Å²) in [6.45, 7) is 2.92. The standard InChI is InChI=1S/C19H21N5O2S3/c1-12-22-14(10-27-12)15-3-4-16(28-15)29(25,26)24-8-2-6-19(11-24)7-5-13-9-21-18(20)23-17(13)19/h3-4,9-10H,2,5-8,11H2,1H3,(H2,20,21,23). The third kappa shape index (κ3) is 3.18. The highest BCUT2D eigenvalue weighted by atomic mass is 32.2. The van der Waals surface area contributed by atoms with Gasteiger partial charge in [0, 0.05) is 30.1 Å². The summed E-state index contributed by atoms with van der Waals surface area (Å²) in [5.41, 5.74) is 8.45. The second kappa shape index (κ2) is 6.83. The lowest BCUT2D eigenvalue weighted by Crippen LogP contribution is -2.47. The first-order chi connectivity index (χ1) is 13.9. The van der Waals surface area contributed by atoms with Gasteiger partial charge in [-0.15, -0.1) is 22.7 Å². The number of thiazole rings is 1. The van der Waals surface area contributed by atoms with E-state index < -0.39 is 10.0 Å². The van der Waals surface area contributed by atoms with E-state index in [0.717, 1.165) is 52.5 Å². The van der Waals surface area contributed by atoms with E-state index in [0.29, 0.717) is 17.3 Å². The van der Waals surface area contributed by atoms with Crippen molar-refractivity contribution in [2.45, 2.75) is 42.2 Å². The fraction of sp³-hybridized carbons (Fsp3) is 0.421. The molecule has 0 saturated carbocycles. The Balaban J connectivity index is 1.46. The second-order valence-corrected chi connectivity index (χ2v) is 12.0. The first-order valence-electron chi connectivity index (χ1n) is 9.52. The average molecular weight is 448 g/mol. The quantitative estimate of drug-likeness (QED) is 0.661. The minimum atomic E-state index is -3.57. The normalized spacial score (nSPS) is 22.2. The van der Waals surface area contributed by atoms with E-state index in [9.17, 15) is 8.42 Å². The van der Waals surface area contributed by atoms with E-state index in [-0.39, 0.29) is 11.4 Å². The molecular weight excluding hydrogens is 426 g/mol. The molecule has 1 aliphatic heterocycles. The number of anilines is 1. The number of hydrogen-bond acceptors (Lipinski definition) is 8. The maximum Gasteiger partial charge on any atom is 0.252 e. The van der Waals surface area contributed by atoms with Gasteiger partial charge in [-0.3, -0.25) is 0 Å². The molecule has 3 aromatic rings. The minimum Gasteiger partial charge on any atom is -0.368 e. The molecule has 1 fully saturated rings. The fourth-order valence-electron chi connectivity index (χ4n) is 4.45. The Labute approximate surface area is 177 Å². The molecule has 2 aliphatic rings. The number of thiophene rings is 1. The van der Waals surface area contributed by atoms with Gasteiger partial charge >= 0.3 is 0 Å². The molecule has 2 N–H and O–H groups in total. The first kappa shape index (κ1) is 19.1. The SMILES string of the molecule is Cc1nc(-c2ccc(S(=O)(=O)N3CCCC4(CCc5cnc(N)nc54)C3)s2)cs1. The molecule has 152 valence electrons. The van der Waals surface area contributed by atoms with E-state index in [4.69, 9.17) is 5.73 Å². The van der Waals surface area contributed by atoms with Crippen LogP contribution in [0.25, 0.3) is 10.6 Å². The molecule has 10 heteroatoms. The van der Waals surface area contributed by atoms with Crippen molar-refractivity contribution in [3.8, 4) is 10.6 Å². The number of hydrogen-bond donors (Lipinski definition) is 1. The summed E-state index contributed by atoms with van der Waals surface area (Å²) < 4.78 is 28.8. The van der Waals surface area contributed by atoms with Crippen LogP contribution in [0.2, 0.25) is 0 Å². The number of aromatic nitrogens is 3. The molecule has 3 aromatic heterocycles. The second-order valence-electron chi connectivity index (χ2n) is 7.69. The van der Waals surface area contributed by atoms with Gasteiger partial charge < -0.3 is 5.73 Å². The van der Waals surface area contributed by atoms with Gasteiger partial charge in [0.2, 0.25) is 5.95 Å². The van der Waals surface area contributed by atoms with Crippen molar-refractivity contribution >= 4 is 38.6 Å². The van der Waals surface area contributed by atoms with Crippen LogP contribution in [0.1, 0.15) is 35.5 Å². The number of aryl methyl sites for hydroxylation is 2. The van der Waals surface area contributed by atoms with Crippen LogP contribution in [-0.2, 0) is 21.9 Å². The van der Waals surface area contributed by atoms with E-state index in [1.165, 1.54) is 11.3 Å². The van der Waals surface area contributed by atoms with Crippen molar-refractivity contribution in [2.75, 3.05) is 18.8 Å². The van der Waals surface area contributed by atoms with Crippen LogP contribution in [0.5, 0.6) is 0 Å². The van der Waals surface area contributed by atoms with Gasteiger partial charge in [-0.2, -0.15) is 4.31 Å². The summed E-state index contributed by atoms with van der Waals surface area (Å²) in [6.07, 6.45) is 5.29. The lowest BCUT2D eigenvalue weighted by Gasteiger charge is -2.39. The lowest BCUT2D eigenvalue weighted by molar-refractivity contribution is 0.220. The van der Waals surface area contributed by atoms with Gasteiger partial charge in [-0.25, -0.2) is 23.4 Å². The summed E-state index contributed by atoms with van der Waals surface area (Å²) >= 11 is 2.85. The van der Waals surface area contributed by atoms with Crippen LogP contribution in [0.15, 0.2) is 27.9 Å². The van der Waals surface area contributed by atoms with E-state index >= 15 is 0 Å². The zero-order valence-electron chi connectivity index (χ0n) is 16.0. The smallest absolute Gasteiger partial charge is 0.252 e. The summed E-state index contributed by atoms with van der Waals surface area (Å²) in [6, 6.07) is 3.55. The van der Waals surface area contributed by atoms with E-state index in [2.05, 4.69) is 15.0 Å². The molecular formula is C19H21N5O2S3. The third-order valence-electron chi connectivity index (χ3n) is 5.85. The monoisotopic (exact) mass is 447 g/mol. The Hall–Kier alpha value is -1.88. The summed E-state index contributed by atoms with van der Waals surface area (Å²) in [4.78, 5) is 14.0. The van der Waals surface area contributed by atoms with Crippen LogP contribution in [-0.4, -0.2) is 40.8 Å². The Morgan fingerprint density at radius 1 is 1.24 bits per heavy atom. The Bertz CT molecular complexity index is 1180. The highest BCUT2D eigenvalue weighted by molar-refractivity contribution is 7.91. The molecule has 1 unspecified atom stereocenters. The van der Waals surface area contributed by atoms with Gasteiger partial charge in [-0.05, 0) is 50.3 Å². The average Bonchev–Trinajstić information content (AvgIpc) is 3.42. The Morgan fingerprint density at radius 3 is 2.90 bits per heavy atom. The number of fused-ring (bicyclic) bond motifs is 2. The van der Waals surface area contributed by atoms with Crippen molar-refractivity contribution in [1.82, 2.24) is 19.3 Å². The van der Waals surface area contributed by atoms with Gasteiger partial charge in [0.05, 0.1) is 21.3 Å². The molecule has 4 heterocycles. The molecule has 5 rings (SSSR count). The largest absolute Gasteiger partial charge is 0.368 e. The van der Waals surface area contributed by atoms with Crippen molar-refractivity contribution in [2.24, 2.45) is 0 Å². The zero-order valence-corrected chi connectivity index (χ0v) is 18.4.